The van der Waals surface area contributed by atoms with Gasteiger partial charge < -0.3 is 4.74 Å². The van der Waals surface area contributed by atoms with Crippen LogP contribution >= 0.6 is 22.9 Å². The number of nitrogens with zero attached hydrogens (tertiary/aromatic N) is 1. The summed E-state index contributed by atoms with van der Waals surface area (Å²) in [5.74, 6) is 0.459. The topological polar surface area (TPSA) is 46.6 Å². The van der Waals surface area contributed by atoms with Crippen molar-refractivity contribution in [3.63, 3.8) is 0 Å². The first-order chi connectivity index (χ1) is 10.5. The summed E-state index contributed by atoms with van der Waals surface area (Å²) in [6, 6.07) is 6.47. The number of sulfonamides is 1. The largest absolute Gasteiger partial charge is 0.495 e. The molecule has 4 nitrogen and oxygen atoms in total. The first-order valence-electron chi connectivity index (χ1n) is 6.83. The molecule has 0 aliphatic carbocycles. The Bertz CT molecular complexity index is 714. The van der Waals surface area contributed by atoms with Gasteiger partial charge in [-0.3, -0.25) is 0 Å². The van der Waals surface area contributed by atoms with Crippen LogP contribution in [0.15, 0.2) is 39.9 Å². The van der Waals surface area contributed by atoms with Crippen LogP contribution in [0.5, 0.6) is 5.75 Å². The highest BCUT2D eigenvalue weighted by molar-refractivity contribution is 7.89. The van der Waals surface area contributed by atoms with E-state index in [4.69, 9.17) is 16.3 Å². The Morgan fingerprint density at radius 2 is 2.09 bits per heavy atom. The highest BCUT2D eigenvalue weighted by atomic mass is 35.5. The third-order valence-corrected chi connectivity index (χ3v) is 6.04. The molecule has 0 saturated carbocycles. The van der Waals surface area contributed by atoms with Gasteiger partial charge in [0.25, 0.3) is 0 Å². The monoisotopic (exact) mass is 359 g/mol. The fraction of sp³-hybridized carbons (Fsp3) is 0.333. The summed E-state index contributed by atoms with van der Waals surface area (Å²) in [6.45, 7) is 2.78. The zero-order valence-electron chi connectivity index (χ0n) is 12.5. The van der Waals surface area contributed by atoms with Gasteiger partial charge in [-0.25, -0.2) is 8.42 Å². The lowest BCUT2D eigenvalue weighted by molar-refractivity contribution is 0.405. The first-order valence-corrected chi connectivity index (χ1v) is 9.60. The third kappa shape index (κ3) is 3.81. The fourth-order valence-electron chi connectivity index (χ4n) is 2.08. The molecule has 0 saturated heterocycles. The molecule has 0 radical (unpaired) electrons. The minimum atomic E-state index is -3.59. The smallest absolute Gasteiger partial charge is 0.243 e. The van der Waals surface area contributed by atoms with E-state index in [-0.39, 0.29) is 9.92 Å². The maximum Gasteiger partial charge on any atom is 0.243 e. The van der Waals surface area contributed by atoms with E-state index >= 15 is 0 Å². The van der Waals surface area contributed by atoms with Crippen molar-refractivity contribution in [2.24, 2.45) is 0 Å². The van der Waals surface area contributed by atoms with Crippen molar-refractivity contribution in [1.82, 2.24) is 4.31 Å². The van der Waals surface area contributed by atoms with Gasteiger partial charge in [0, 0.05) is 13.1 Å². The summed E-state index contributed by atoms with van der Waals surface area (Å²) < 4.78 is 32.2. The van der Waals surface area contributed by atoms with E-state index in [1.165, 1.54) is 23.5 Å². The molecule has 0 spiro atoms. The number of methoxy groups -OCH3 is 1. The standard InChI is InChI=1S/C15H18ClNO3S2/c1-3-7-17(10-12-6-8-21-11-12)22(18,19)13-4-5-15(20-2)14(16)9-13/h4-6,8-9,11H,3,7,10H2,1-2H3. The van der Waals surface area contributed by atoms with E-state index in [0.717, 1.165) is 12.0 Å². The first kappa shape index (κ1) is 17.3. The summed E-state index contributed by atoms with van der Waals surface area (Å²) in [7, 11) is -2.09. The Kier molecular flexibility index (Phi) is 5.86. The molecule has 120 valence electrons. The number of halogens is 1. The van der Waals surface area contributed by atoms with E-state index < -0.39 is 10.0 Å². The van der Waals surface area contributed by atoms with Gasteiger partial charge in [0.05, 0.1) is 17.0 Å². The summed E-state index contributed by atoms with van der Waals surface area (Å²) in [5.41, 5.74) is 0.988. The van der Waals surface area contributed by atoms with E-state index in [9.17, 15) is 8.42 Å². The average molecular weight is 360 g/mol. The summed E-state index contributed by atoms with van der Waals surface area (Å²) in [4.78, 5) is 0.182. The molecule has 0 N–H and O–H groups in total. The zero-order valence-corrected chi connectivity index (χ0v) is 14.8. The molecular weight excluding hydrogens is 342 g/mol. The van der Waals surface area contributed by atoms with E-state index in [0.29, 0.717) is 18.8 Å². The summed E-state index contributed by atoms with van der Waals surface area (Å²) >= 11 is 7.61. The molecule has 2 aromatic rings. The Hall–Kier alpha value is -1.08. The van der Waals surface area contributed by atoms with Crippen molar-refractivity contribution in [1.29, 1.82) is 0 Å². The molecule has 0 aliphatic heterocycles. The Morgan fingerprint density at radius 1 is 1.32 bits per heavy atom. The van der Waals surface area contributed by atoms with Gasteiger partial charge in [0.15, 0.2) is 0 Å². The van der Waals surface area contributed by atoms with Crippen LogP contribution in [0.1, 0.15) is 18.9 Å². The molecule has 0 unspecified atom stereocenters. The number of benzene rings is 1. The lowest BCUT2D eigenvalue weighted by atomic mass is 10.3. The van der Waals surface area contributed by atoms with Gasteiger partial charge in [-0.15, -0.1) is 0 Å². The van der Waals surface area contributed by atoms with Crippen LogP contribution in [0.4, 0.5) is 0 Å². The second-order valence-electron chi connectivity index (χ2n) is 4.77. The molecule has 22 heavy (non-hydrogen) atoms. The normalized spacial score (nSPS) is 11.8. The molecule has 1 heterocycles. The Morgan fingerprint density at radius 3 is 2.64 bits per heavy atom. The second-order valence-corrected chi connectivity index (χ2v) is 7.89. The van der Waals surface area contributed by atoms with Crippen LogP contribution in [-0.2, 0) is 16.6 Å². The average Bonchev–Trinajstić information content (AvgIpc) is 2.99. The van der Waals surface area contributed by atoms with Gasteiger partial charge in [0.1, 0.15) is 5.75 Å². The SMILES string of the molecule is CCCN(Cc1ccsc1)S(=O)(=O)c1ccc(OC)c(Cl)c1. The summed E-state index contributed by atoms with van der Waals surface area (Å²) in [6.07, 6.45) is 0.743. The van der Waals surface area contributed by atoms with Gasteiger partial charge >= 0.3 is 0 Å². The summed E-state index contributed by atoms with van der Waals surface area (Å²) in [5, 5.41) is 4.19. The molecule has 7 heteroatoms. The molecular formula is C15H18ClNO3S2. The minimum absolute atomic E-state index is 0.182. The lowest BCUT2D eigenvalue weighted by Crippen LogP contribution is -2.31. The number of hydrogen-bond acceptors (Lipinski definition) is 4. The molecule has 1 aromatic carbocycles. The molecule has 0 atom stereocenters. The molecule has 0 amide bonds. The van der Waals surface area contributed by atoms with Crippen molar-refractivity contribution >= 4 is 33.0 Å². The van der Waals surface area contributed by atoms with Crippen LogP contribution in [-0.4, -0.2) is 26.4 Å². The van der Waals surface area contributed by atoms with Crippen molar-refractivity contribution in [2.75, 3.05) is 13.7 Å². The quantitative estimate of drug-likeness (QED) is 0.750. The molecule has 1 aromatic heterocycles. The second kappa shape index (κ2) is 7.46. The number of rotatable bonds is 7. The van der Waals surface area contributed by atoms with E-state index in [1.54, 1.807) is 17.4 Å². The number of thiophene rings is 1. The molecule has 2 rings (SSSR count). The Balaban J connectivity index is 2.34. The number of ether oxygens (including phenoxy) is 1. The minimum Gasteiger partial charge on any atom is -0.495 e. The molecule has 0 bridgehead atoms. The van der Waals surface area contributed by atoms with Gasteiger partial charge in [-0.1, -0.05) is 18.5 Å². The predicted molar refractivity (Wildman–Crippen MR) is 90.2 cm³/mol. The third-order valence-electron chi connectivity index (χ3n) is 3.17. The van der Waals surface area contributed by atoms with Crippen molar-refractivity contribution in [3.05, 3.63) is 45.6 Å². The van der Waals surface area contributed by atoms with Crippen LogP contribution in [0.2, 0.25) is 5.02 Å². The van der Waals surface area contributed by atoms with Crippen LogP contribution in [0, 0.1) is 0 Å². The Labute approximate surface area is 140 Å². The highest BCUT2D eigenvalue weighted by Crippen LogP contribution is 2.29. The maximum absolute atomic E-state index is 12.8. The van der Waals surface area contributed by atoms with Gasteiger partial charge in [0.2, 0.25) is 10.0 Å². The lowest BCUT2D eigenvalue weighted by Gasteiger charge is -2.21. The van der Waals surface area contributed by atoms with Crippen LogP contribution < -0.4 is 4.74 Å². The maximum atomic E-state index is 12.8. The molecule has 0 fully saturated rings. The van der Waals surface area contributed by atoms with E-state index in [1.807, 2.05) is 23.8 Å². The molecule has 0 aliphatic rings. The van der Waals surface area contributed by atoms with Crippen LogP contribution in [0.25, 0.3) is 0 Å². The predicted octanol–water partition coefficient (Wildman–Crippen LogP) is 4.01. The fourth-order valence-corrected chi connectivity index (χ4v) is 4.61. The van der Waals surface area contributed by atoms with Crippen LogP contribution in [0.3, 0.4) is 0 Å². The van der Waals surface area contributed by atoms with Crippen molar-refractivity contribution < 1.29 is 13.2 Å². The highest BCUT2D eigenvalue weighted by Gasteiger charge is 2.25. The van der Waals surface area contributed by atoms with Crippen molar-refractivity contribution in [2.45, 2.75) is 24.8 Å². The van der Waals surface area contributed by atoms with Gasteiger partial charge in [-0.2, -0.15) is 15.6 Å². The van der Waals surface area contributed by atoms with Crippen molar-refractivity contribution in [3.8, 4) is 5.75 Å². The van der Waals surface area contributed by atoms with E-state index in [2.05, 4.69) is 0 Å². The zero-order chi connectivity index (χ0) is 16.2. The number of hydrogen-bond donors (Lipinski definition) is 0. The van der Waals surface area contributed by atoms with Gasteiger partial charge in [-0.05, 0) is 47.0 Å².